The van der Waals surface area contributed by atoms with E-state index in [-0.39, 0.29) is 22.6 Å². The third-order valence-electron chi connectivity index (χ3n) is 5.18. The number of hydrogen-bond donors (Lipinski definition) is 0. The second kappa shape index (κ2) is 8.49. The molecule has 0 aromatic carbocycles. The molecule has 148 valence electrons. The fourth-order valence-corrected chi connectivity index (χ4v) is 3.57. The quantitative estimate of drug-likeness (QED) is 0.291. The summed E-state index contributed by atoms with van der Waals surface area (Å²) in [4.78, 5) is 10.8. The summed E-state index contributed by atoms with van der Waals surface area (Å²) in [5, 5.41) is 15.7. The van der Waals surface area contributed by atoms with Gasteiger partial charge in [-0.15, -0.1) is 5.10 Å². The van der Waals surface area contributed by atoms with Crippen LogP contribution in [0.3, 0.4) is 0 Å². The van der Waals surface area contributed by atoms with Gasteiger partial charge in [-0.1, -0.05) is 20.8 Å². The van der Waals surface area contributed by atoms with Gasteiger partial charge in [0.25, 0.3) is 0 Å². The summed E-state index contributed by atoms with van der Waals surface area (Å²) < 4.78 is 18.7. The van der Waals surface area contributed by atoms with Crippen molar-refractivity contribution in [3.63, 3.8) is 0 Å². The number of ether oxygens (including phenoxy) is 2. The monoisotopic (exact) mass is 385 g/mol. The van der Waals surface area contributed by atoms with Gasteiger partial charge in [0.1, 0.15) is 6.20 Å². The molecule has 8 nitrogen and oxygen atoms in total. The first-order valence-electron chi connectivity index (χ1n) is 9.20. The Morgan fingerprint density at radius 2 is 2.15 bits per heavy atom. The van der Waals surface area contributed by atoms with E-state index in [4.69, 9.17) is 13.9 Å². The van der Waals surface area contributed by atoms with Gasteiger partial charge in [0, 0.05) is 19.6 Å². The van der Waals surface area contributed by atoms with Crippen molar-refractivity contribution >= 4 is 14.0 Å². The van der Waals surface area contributed by atoms with Gasteiger partial charge in [-0.2, -0.15) is 0 Å². The zero-order chi connectivity index (χ0) is 19.4. The first kappa shape index (κ1) is 20.9. The molecule has 1 unspecified atom stereocenters. The third-order valence-corrected chi connectivity index (χ3v) is 9.72. The zero-order valence-corrected chi connectivity index (χ0v) is 17.5. The lowest BCUT2D eigenvalue weighted by Gasteiger charge is -2.36. The first-order chi connectivity index (χ1) is 12.1. The molecule has 0 bridgehead atoms. The summed E-state index contributed by atoms with van der Waals surface area (Å²) in [7, 11) is -1.78. The summed E-state index contributed by atoms with van der Waals surface area (Å²) in [5.41, 5.74) is -0.0964. The van der Waals surface area contributed by atoms with Gasteiger partial charge in [-0.3, -0.25) is 14.8 Å². The van der Waals surface area contributed by atoms with E-state index in [0.717, 1.165) is 19.4 Å². The van der Waals surface area contributed by atoms with Crippen LogP contribution in [0, 0.1) is 10.1 Å². The van der Waals surface area contributed by atoms with Crippen molar-refractivity contribution in [1.82, 2.24) is 9.78 Å². The van der Waals surface area contributed by atoms with Crippen LogP contribution in [-0.4, -0.2) is 49.4 Å². The Labute approximate surface area is 156 Å². The minimum absolute atomic E-state index is 0.0294. The van der Waals surface area contributed by atoms with Crippen molar-refractivity contribution in [3.8, 4) is 5.88 Å². The maximum Gasteiger partial charge on any atom is 0.350 e. The number of nitro groups is 1. The fourth-order valence-electron chi connectivity index (χ4n) is 2.48. The lowest BCUT2D eigenvalue weighted by molar-refractivity contribution is -0.386. The van der Waals surface area contributed by atoms with Crippen LogP contribution in [0.5, 0.6) is 5.88 Å². The SMILES string of the molecule is CC(C)(C)[Si](C)(C)OCCCOc1nn(C2CCCOC2)cc1[N+](=O)[O-]. The molecule has 1 atom stereocenters. The van der Waals surface area contributed by atoms with Crippen molar-refractivity contribution in [3.05, 3.63) is 16.3 Å². The van der Waals surface area contributed by atoms with E-state index in [9.17, 15) is 10.1 Å². The molecule has 1 aliphatic rings. The Morgan fingerprint density at radius 3 is 2.73 bits per heavy atom. The van der Waals surface area contributed by atoms with E-state index in [1.807, 2.05) is 0 Å². The lowest BCUT2D eigenvalue weighted by atomic mass is 10.1. The molecular formula is C17H31N3O5Si. The molecule has 9 heteroatoms. The van der Waals surface area contributed by atoms with Gasteiger partial charge in [-0.25, -0.2) is 0 Å². The Bertz CT molecular complexity index is 606. The van der Waals surface area contributed by atoms with E-state index >= 15 is 0 Å². The normalized spacial score (nSPS) is 18.7. The Hall–Kier alpha value is -1.45. The first-order valence-corrected chi connectivity index (χ1v) is 12.1. The highest BCUT2D eigenvalue weighted by Crippen LogP contribution is 2.36. The molecule has 1 saturated heterocycles. The highest BCUT2D eigenvalue weighted by molar-refractivity contribution is 6.74. The predicted molar refractivity (Wildman–Crippen MR) is 101 cm³/mol. The van der Waals surface area contributed by atoms with Crippen molar-refractivity contribution < 1.29 is 18.8 Å². The molecule has 2 rings (SSSR count). The molecule has 1 aromatic heterocycles. The summed E-state index contributed by atoms with van der Waals surface area (Å²) >= 11 is 0. The standard InChI is InChI=1S/C17H31N3O5Si/c1-17(2,3)26(4,5)25-11-7-10-24-16-15(20(21)22)12-19(18-16)14-8-6-9-23-13-14/h12,14H,6-11,13H2,1-5H3. The molecular weight excluding hydrogens is 354 g/mol. The molecule has 0 spiro atoms. The van der Waals surface area contributed by atoms with Crippen molar-refractivity contribution in [2.45, 2.75) is 64.2 Å². The predicted octanol–water partition coefficient (Wildman–Crippen LogP) is 3.93. The Balaban J connectivity index is 1.88. The highest BCUT2D eigenvalue weighted by Gasteiger charge is 2.36. The fraction of sp³-hybridized carbons (Fsp3) is 0.824. The number of aromatic nitrogens is 2. The van der Waals surface area contributed by atoms with E-state index in [1.54, 1.807) is 4.68 Å². The Kier molecular flexibility index (Phi) is 6.81. The van der Waals surface area contributed by atoms with Crippen LogP contribution in [0.2, 0.25) is 18.1 Å². The maximum atomic E-state index is 11.3. The van der Waals surface area contributed by atoms with Crippen molar-refractivity contribution in [2.75, 3.05) is 26.4 Å². The van der Waals surface area contributed by atoms with Gasteiger partial charge in [0.2, 0.25) is 0 Å². The van der Waals surface area contributed by atoms with Crippen LogP contribution < -0.4 is 4.74 Å². The lowest BCUT2D eigenvalue weighted by Crippen LogP contribution is -2.41. The largest absolute Gasteiger partial charge is 0.472 e. The molecule has 0 aliphatic carbocycles. The maximum absolute atomic E-state index is 11.3. The van der Waals surface area contributed by atoms with Crippen LogP contribution in [0.4, 0.5) is 5.69 Å². The number of rotatable bonds is 8. The van der Waals surface area contributed by atoms with Crippen molar-refractivity contribution in [2.24, 2.45) is 0 Å². The van der Waals surface area contributed by atoms with Crippen LogP contribution in [0.25, 0.3) is 0 Å². The second-order valence-electron chi connectivity index (χ2n) is 8.24. The van der Waals surface area contributed by atoms with E-state index < -0.39 is 13.2 Å². The number of hydrogen-bond acceptors (Lipinski definition) is 6. The summed E-state index contributed by atoms with van der Waals surface area (Å²) in [5.74, 6) is 0.0768. The second-order valence-corrected chi connectivity index (χ2v) is 13.0. The minimum atomic E-state index is -1.78. The highest BCUT2D eigenvalue weighted by atomic mass is 28.4. The molecule has 1 fully saturated rings. The smallest absolute Gasteiger partial charge is 0.350 e. The van der Waals surface area contributed by atoms with E-state index in [1.165, 1.54) is 6.20 Å². The topological polar surface area (TPSA) is 88.7 Å². The summed E-state index contributed by atoms with van der Waals surface area (Å²) in [6.45, 7) is 13.2. The Morgan fingerprint density at radius 1 is 1.42 bits per heavy atom. The minimum Gasteiger partial charge on any atom is -0.472 e. The summed E-state index contributed by atoms with van der Waals surface area (Å²) in [6.07, 6.45) is 3.95. The van der Waals surface area contributed by atoms with Crippen LogP contribution >= 0.6 is 0 Å². The molecule has 0 saturated carbocycles. The summed E-state index contributed by atoms with van der Waals surface area (Å²) in [6, 6.07) is 0.0294. The van der Waals surface area contributed by atoms with Gasteiger partial charge in [-0.05, 0) is 31.0 Å². The molecule has 26 heavy (non-hydrogen) atoms. The third kappa shape index (κ3) is 5.27. The average molecular weight is 386 g/mol. The van der Waals surface area contributed by atoms with Gasteiger partial charge in [0.15, 0.2) is 8.32 Å². The van der Waals surface area contributed by atoms with Crippen LogP contribution in [0.1, 0.15) is 46.1 Å². The van der Waals surface area contributed by atoms with Gasteiger partial charge >= 0.3 is 11.6 Å². The van der Waals surface area contributed by atoms with Gasteiger partial charge in [0.05, 0.1) is 24.2 Å². The van der Waals surface area contributed by atoms with Crippen LogP contribution in [-0.2, 0) is 9.16 Å². The van der Waals surface area contributed by atoms with Crippen molar-refractivity contribution in [1.29, 1.82) is 0 Å². The van der Waals surface area contributed by atoms with E-state index in [2.05, 4.69) is 39.0 Å². The molecule has 0 N–H and O–H groups in total. The molecule has 1 aromatic rings. The van der Waals surface area contributed by atoms with E-state index in [0.29, 0.717) is 26.2 Å². The van der Waals surface area contributed by atoms with Crippen LogP contribution in [0.15, 0.2) is 6.20 Å². The zero-order valence-electron chi connectivity index (χ0n) is 16.5. The average Bonchev–Trinajstić information content (AvgIpc) is 2.99. The molecule has 2 heterocycles. The molecule has 0 radical (unpaired) electrons. The van der Waals surface area contributed by atoms with Gasteiger partial charge < -0.3 is 13.9 Å². The number of nitrogens with zero attached hydrogens (tertiary/aromatic N) is 3. The molecule has 1 aliphatic heterocycles. The molecule has 0 amide bonds.